The van der Waals surface area contributed by atoms with Gasteiger partial charge in [-0.25, -0.2) is 13.5 Å². The second-order valence-electron chi connectivity index (χ2n) is 6.65. The number of fused-ring (bicyclic) bond motifs is 1. The molecule has 0 N–H and O–H groups in total. The summed E-state index contributed by atoms with van der Waals surface area (Å²) in [6.45, 7) is 3.69. The number of benzene rings is 2. The Labute approximate surface area is 154 Å². The lowest BCUT2D eigenvalue weighted by atomic mass is 10.1. The molecule has 0 aliphatic carbocycles. The molecule has 0 radical (unpaired) electrons. The number of carbonyl (C=O) groups is 1. The SMILES string of the molecule is CC(C)n1nc(C(=O)N(C)Cc2ccc(F)c(F)c2)c2ccccc2c1=O. The molecule has 0 saturated heterocycles. The molecule has 3 aromatic rings. The summed E-state index contributed by atoms with van der Waals surface area (Å²) in [6.07, 6.45) is 0. The number of hydrogen-bond acceptors (Lipinski definition) is 3. The van der Waals surface area contributed by atoms with Crippen LogP contribution in [0.3, 0.4) is 0 Å². The van der Waals surface area contributed by atoms with E-state index in [0.29, 0.717) is 16.3 Å². The predicted molar refractivity (Wildman–Crippen MR) is 98.5 cm³/mol. The molecule has 1 heterocycles. The first-order valence-electron chi connectivity index (χ1n) is 8.50. The Morgan fingerprint density at radius 1 is 1.11 bits per heavy atom. The average molecular weight is 371 g/mol. The van der Waals surface area contributed by atoms with Gasteiger partial charge in [-0.1, -0.05) is 24.3 Å². The molecule has 5 nitrogen and oxygen atoms in total. The number of nitrogens with zero attached hydrogens (tertiary/aromatic N) is 3. The van der Waals surface area contributed by atoms with Crippen LogP contribution < -0.4 is 5.56 Å². The van der Waals surface area contributed by atoms with E-state index < -0.39 is 17.5 Å². The minimum absolute atomic E-state index is 0.0762. The average Bonchev–Trinajstić information content (AvgIpc) is 2.64. The molecule has 0 spiro atoms. The molecule has 140 valence electrons. The van der Waals surface area contributed by atoms with E-state index in [-0.39, 0.29) is 23.8 Å². The molecule has 0 fully saturated rings. The Morgan fingerprint density at radius 2 is 1.78 bits per heavy atom. The Bertz CT molecular complexity index is 1080. The van der Waals surface area contributed by atoms with Crippen LogP contribution in [-0.4, -0.2) is 27.6 Å². The van der Waals surface area contributed by atoms with Gasteiger partial charge in [-0.3, -0.25) is 9.59 Å². The third-order valence-electron chi connectivity index (χ3n) is 4.27. The topological polar surface area (TPSA) is 55.2 Å². The van der Waals surface area contributed by atoms with Gasteiger partial charge < -0.3 is 4.90 Å². The highest BCUT2D eigenvalue weighted by atomic mass is 19.2. The number of rotatable bonds is 4. The van der Waals surface area contributed by atoms with E-state index in [2.05, 4.69) is 5.10 Å². The van der Waals surface area contributed by atoms with Crippen LogP contribution in [0.4, 0.5) is 8.78 Å². The quantitative estimate of drug-likeness (QED) is 0.705. The number of hydrogen-bond donors (Lipinski definition) is 0. The van der Waals surface area contributed by atoms with E-state index in [0.717, 1.165) is 12.1 Å². The second kappa shape index (κ2) is 7.26. The molecule has 3 rings (SSSR count). The van der Waals surface area contributed by atoms with Gasteiger partial charge in [0.25, 0.3) is 11.5 Å². The molecular weight excluding hydrogens is 352 g/mol. The first-order valence-corrected chi connectivity index (χ1v) is 8.50. The number of carbonyl (C=O) groups excluding carboxylic acids is 1. The molecule has 27 heavy (non-hydrogen) atoms. The monoisotopic (exact) mass is 371 g/mol. The van der Waals surface area contributed by atoms with E-state index in [1.807, 2.05) is 13.8 Å². The van der Waals surface area contributed by atoms with E-state index in [1.165, 1.54) is 15.6 Å². The summed E-state index contributed by atoms with van der Waals surface area (Å²) in [5.74, 6) is -2.32. The third-order valence-corrected chi connectivity index (χ3v) is 4.27. The van der Waals surface area contributed by atoms with Crippen molar-refractivity contribution in [1.82, 2.24) is 14.7 Å². The van der Waals surface area contributed by atoms with Crippen molar-refractivity contribution in [2.75, 3.05) is 7.05 Å². The van der Waals surface area contributed by atoms with Crippen LogP contribution in [0.15, 0.2) is 47.3 Å². The van der Waals surface area contributed by atoms with Gasteiger partial charge in [-0.05, 0) is 37.6 Å². The van der Waals surface area contributed by atoms with Crippen molar-refractivity contribution in [3.8, 4) is 0 Å². The maximum atomic E-state index is 13.4. The highest BCUT2D eigenvalue weighted by Gasteiger charge is 2.21. The zero-order valence-electron chi connectivity index (χ0n) is 15.2. The van der Waals surface area contributed by atoms with Crippen molar-refractivity contribution in [2.24, 2.45) is 0 Å². The van der Waals surface area contributed by atoms with Crippen molar-refractivity contribution in [3.05, 3.63) is 75.7 Å². The van der Waals surface area contributed by atoms with Gasteiger partial charge in [0, 0.05) is 19.0 Å². The molecule has 0 aliphatic heterocycles. The Morgan fingerprint density at radius 3 is 2.41 bits per heavy atom. The maximum Gasteiger partial charge on any atom is 0.274 e. The molecule has 0 atom stereocenters. The molecule has 0 aliphatic rings. The van der Waals surface area contributed by atoms with Crippen LogP contribution in [0.2, 0.25) is 0 Å². The molecule has 0 unspecified atom stereocenters. The first kappa shape index (κ1) is 18.7. The van der Waals surface area contributed by atoms with Crippen molar-refractivity contribution in [2.45, 2.75) is 26.4 Å². The summed E-state index contributed by atoms with van der Waals surface area (Å²) in [5, 5.41) is 5.14. The summed E-state index contributed by atoms with van der Waals surface area (Å²) in [6, 6.07) is 10.1. The normalized spacial score (nSPS) is 11.2. The summed E-state index contributed by atoms with van der Waals surface area (Å²) in [5.41, 5.74) is 0.329. The van der Waals surface area contributed by atoms with E-state index in [9.17, 15) is 18.4 Å². The summed E-state index contributed by atoms with van der Waals surface area (Å²) < 4.78 is 27.8. The van der Waals surface area contributed by atoms with E-state index in [4.69, 9.17) is 0 Å². The summed E-state index contributed by atoms with van der Waals surface area (Å²) in [4.78, 5) is 26.9. The first-order chi connectivity index (χ1) is 12.8. The molecule has 0 saturated carbocycles. The van der Waals surface area contributed by atoms with Gasteiger partial charge in [0.05, 0.1) is 11.4 Å². The number of aromatic nitrogens is 2. The summed E-state index contributed by atoms with van der Waals surface area (Å²) >= 11 is 0. The standard InChI is InChI=1S/C20H19F2N3O2/c1-12(2)25-19(26)15-7-5-4-6-14(15)18(23-25)20(27)24(3)11-13-8-9-16(21)17(22)10-13/h4-10,12H,11H2,1-3H3. The van der Waals surface area contributed by atoms with Crippen LogP contribution in [0, 0.1) is 11.6 Å². The Kier molecular flexibility index (Phi) is 5.03. The summed E-state index contributed by atoms with van der Waals surface area (Å²) in [7, 11) is 1.55. The van der Waals surface area contributed by atoms with E-state index >= 15 is 0 Å². The van der Waals surface area contributed by atoms with E-state index in [1.54, 1.807) is 31.3 Å². The smallest absolute Gasteiger partial charge is 0.274 e. The molecule has 1 amide bonds. The van der Waals surface area contributed by atoms with Gasteiger partial charge in [0.1, 0.15) is 0 Å². The van der Waals surface area contributed by atoms with Crippen LogP contribution in [0.25, 0.3) is 10.8 Å². The minimum Gasteiger partial charge on any atom is -0.336 e. The molecule has 1 aromatic heterocycles. The maximum absolute atomic E-state index is 13.4. The minimum atomic E-state index is -0.967. The Hall–Kier alpha value is -3.09. The van der Waals surface area contributed by atoms with Crippen LogP contribution in [0.1, 0.15) is 35.9 Å². The lowest BCUT2D eigenvalue weighted by Crippen LogP contribution is -2.32. The fraction of sp³-hybridized carbons (Fsp3) is 0.250. The van der Waals surface area contributed by atoms with Gasteiger partial charge in [-0.2, -0.15) is 5.10 Å². The van der Waals surface area contributed by atoms with Gasteiger partial charge in [0.2, 0.25) is 0 Å². The van der Waals surface area contributed by atoms with Gasteiger partial charge in [0.15, 0.2) is 17.3 Å². The number of halogens is 2. The molecule has 0 bridgehead atoms. The van der Waals surface area contributed by atoms with Crippen LogP contribution in [0.5, 0.6) is 0 Å². The van der Waals surface area contributed by atoms with Crippen molar-refractivity contribution < 1.29 is 13.6 Å². The lowest BCUT2D eigenvalue weighted by molar-refractivity contribution is 0.0778. The highest BCUT2D eigenvalue weighted by molar-refractivity contribution is 6.04. The zero-order chi connectivity index (χ0) is 19.7. The fourth-order valence-corrected chi connectivity index (χ4v) is 2.88. The second-order valence-corrected chi connectivity index (χ2v) is 6.65. The zero-order valence-corrected chi connectivity index (χ0v) is 15.2. The van der Waals surface area contributed by atoms with Crippen LogP contribution >= 0.6 is 0 Å². The molecule has 2 aromatic carbocycles. The molecular formula is C20H19F2N3O2. The predicted octanol–water partition coefficient (Wildman–Crippen LogP) is 3.53. The Balaban J connectivity index is 2.03. The van der Waals surface area contributed by atoms with Gasteiger partial charge >= 0.3 is 0 Å². The fourth-order valence-electron chi connectivity index (χ4n) is 2.88. The number of amides is 1. The van der Waals surface area contributed by atoms with Crippen molar-refractivity contribution in [1.29, 1.82) is 0 Å². The van der Waals surface area contributed by atoms with Crippen LogP contribution in [-0.2, 0) is 6.54 Å². The highest BCUT2D eigenvalue weighted by Crippen LogP contribution is 2.18. The lowest BCUT2D eigenvalue weighted by Gasteiger charge is -2.19. The molecule has 7 heteroatoms. The third kappa shape index (κ3) is 3.58. The van der Waals surface area contributed by atoms with Crippen molar-refractivity contribution in [3.63, 3.8) is 0 Å². The van der Waals surface area contributed by atoms with Gasteiger partial charge in [-0.15, -0.1) is 0 Å². The van der Waals surface area contributed by atoms with Crippen molar-refractivity contribution >= 4 is 16.7 Å². The largest absolute Gasteiger partial charge is 0.336 e.